The van der Waals surface area contributed by atoms with Crippen molar-refractivity contribution in [2.45, 2.75) is 146 Å². The van der Waals surface area contributed by atoms with Crippen LogP contribution in [0.3, 0.4) is 0 Å². The second-order valence-corrected chi connectivity index (χ2v) is 20.4. The van der Waals surface area contributed by atoms with Gasteiger partial charge in [-0.2, -0.15) is 0 Å². The molecule has 52 heavy (non-hydrogen) atoms. The molecule has 0 spiro atoms. The molecule has 1 saturated heterocycles. The second kappa shape index (κ2) is 13.2. The molecule has 0 aromatic heterocycles. The maximum Gasteiger partial charge on any atom is 0.309 e. The van der Waals surface area contributed by atoms with Crippen LogP contribution in [-0.4, -0.2) is 88.6 Å². The van der Waals surface area contributed by atoms with E-state index in [1.54, 1.807) is 20.8 Å². The van der Waals surface area contributed by atoms with Gasteiger partial charge < -0.3 is 19.8 Å². The van der Waals surface area contributed by atoms with Crippen molar-refractivity contribution in [3.8, 4) is 0 Å². The summed E-state index contributed by atoms with van der Waals surface area (Å²) >= 11 is 0. The van der Waals surface area contributed by atoms with Gasteiger partial charge in [-0.25, -0.2) is 0 Å². The van der Waals surface area contributed by atoms with Gasteiger partial charge in [-0.15, -0.1) is 0 Å². The predicted octanol–water partition coefficient (Wildman–Crippen LogP) is 6.90. The number of esters is 1. The van der Waals surface area contributed by atoms with Crippen LogP contribution in [0.5, 0.6) is 0 Å². The Morgan fingerprint density at radius 2 is 1.54 bits per heavy atom. The molecular weight excluding hydrogens is 656 g/mol. The number of aliphatic carboxylic acids is 1. The molecule has 2 N–H and O–H groups in total. The number of carbonyl (C=O) groups is 4. The van der Waals surface area contributed by atoms with E-state index in [9.17, 15) is 29.4 Å². The number of aliphatic hydroxyl groups excluding tert-OH is 1. The number of carboxylic acids is 1. The van der Waals surface area contributed by atoms with E-state index in [1.807, 2.05) is 4.90 Å². The number of β-amino-alcohol motifs (C(OH)–C–C–N with tert-alkyl or cyclic N) is 1. The molecule has 9 nitrogen and oxygen atoms in total. The number of allylic oxidation sites excluding steroid dienone is 1. The van der Waals surface area contributed by atoms with Gasteiger partial charge in [-0.3, -0.25) is 24.1 Å². The number of aliphatic hydroxyl groups is 1. The zero-order chi connectivity index (χ0) is 38.4. The van der Waals surface area contributed by atoms with Gasteiger partial charge in [0.1, 0.15) is 6.10 Å². The third-order valence-corrected chi connectivity index (χ3v) is 16.7. The number of piperazine rings is 1. The minimum Gasteiger partial charge on any atom is -0.481 e. The summed E-state index contributed by atoms with van der Waals surface area (Å²) in [6.07, 6.45) is 7.19. The summed E-state index contributed by atoms with van der Waals surface area (Å²) in [5.74, 6) is 0.125. The van der Waals surface area contributed by atoms with Crippen LogP contribution < -0.4 is 0 Å². The Bertz CT molecular complexity index is 1510. The smallest absolute Gasteiger partial charge is 0.309 e. The number of hydrogen-bond acceptors (Lipinski definition) is 7. The van der Waals surface area contributed by atoms with Crippen molar-refractivity contribution in [1.82, 2.24) is 9.80 Å². The zero-order valence-corrected chi connectivity index (χ0v) is 33.9. The lowest BCUT2D eigenvalue weighted by Crippen LogP contribution is -2.66. The first kappa shape index (κ1) is 39.4. The van der Waals surface area contributed by atoms with Crippen LogP contribution in [0.25, 0.3) is 0 Å². The van der Waals surface area contributed by atoms with E-state index in [1.165, 1.54) is 5.57 Å². The molecule has 9 heteroatoms. The molecule has 0 radical (unpaired) electrons. The molecule has 292 valence electrons. The van der Waals surface area contributed by atoms with Gasteiger partial charge >= 0.3 is 11.9 Å². The number of ketones is 1. The highest BCUT2D eigenvalue weighted by molar-refractivity contribution is 6.00. The third-order valence-electron chi connectivity index (χ3n) is 16.7. The van der Waals surface area contributed by atoms with Gasteiger partial charge in [0.15, 0.2) is 5.78 Å². The molecule has 5 aliphatic carbocycles. The maximum absolute atomic E-state index is 14.1. The first-order valence-corrected chi connectivity index (χ1v) is 20.4. The van der Waals surface area contributed by atoms with Crippen molar-refractivity contribution in [1.29, 1.82) is 0 Å². The molecule has 9 atom stereocenters. The topological polar surface area (TPSA) is 124 Å². The lowest BCUT2D eigenvalue weighted by Gasteiger charge is -2.72. The maximum atomic E-state index is 14.1. The zero-order valence-electron chi connectivity index (χ0n) is 33.9. The van der Waals surface area contributed by atoms with Crippen LogP contribution in [-0.2, 0) is 23.9 Å². The normalized spacial score (nSPS) is 39.7. The van der Waals surface area contributed by atoms with Crippen LogP contribution >= 0.6 is 0 Å². The van der Waals surface area contributed by atoms with Crippen LogP contribution in [0.1, 0.15) is 133 Å². The summed E-state index contributed by atoms with van der Waals surface area (Å²) in [5, 5.41) is 21.9. The average molecular weight is 725 g/mol. The van der Waals surface area contributed by atoms with E-state index in [2.05, 4.69) is 53.4 Å². The summed E-state index contributed by atoms with van der Waals surface area (Å²) in [7, 11) is 0. The van der Waals surface area contributed by atoms with E-state index in [0.717, 1.165) is 70.0 Å². The molecule has 6 aliphatic rings. The summed E-state index contributed by atoms with van der Waals surface area (Å²) in [6, 6.07) is 0. The first-order chi connectivity index (χ1) is 24.0. The van der Waals surface area contributed by atoms with E-state index in [-0.39, 0.29) is 57.7 Å². The highest BCUT2D eigenvalue weighted by Gasteiger charge is 2.71. The number of amides is 1. The number of Topliss-reactive ketones (excluding diaryl/α,β-unsaturated/α-hetero) is 1. The van der Waals surface area contributed by atoms with Crippen molar-refractivity contribution in [3.63, 3.8) is 0 Å². The third kappa shape index (κ3) is 5.92. The number of carbonyl (C=O) groups excluding carboxylic acids is 3. The molecule has 5 fully saturated rings. The number of nitrogens with zero attached hydrogens (tertiary/aromatic N) is 2. The quantitative estimate of drug-likeness (QED) is 0.259. The molecule has 0 aromatic carbocycles. The highest BCUT2D eigenvalue weighted by atomic mass is 16.5. The Labute approximate surface area is 312 Å². The molecule has 6 rings (SSSR count). The van der Waals surface area contributed by atoms with Crippen LogP contribution in [0.4, 0.5) is 0 Å². The Hall–Kier alpha value is -2.26. The number of fused-ring (bicyclic) bond motifs is 7. The first-order valence-electron chi connectivity index (χ1n) is 20.4. The predicted molar refractivity (Wildman–Crippen MR) is 200 cm³/mol. The molecule has 1 aliphatic heterocycles. The molecule has 0 bridgehead atoms. The average Bonchev–Trinajstić information content (AvgIpc) is 3.36. The lowest BCUT2D eigenvalue weighted by molar-refractivity contribution is -0.235. The number of rotatable bonds is 8. The fraction of sp³-hybridized carbons (Fsp3) is 0.860. The Balaban J connectivity index is 1.27. The van der Waals surface area contributed by atoms with E-state index < -0.39 is 28.9 Å². The van der Waals surface area contributed by atoms with Gasteiger partial charge in [-0.1, -0.05) is 54.0 Å². The minimum absolute atomic E-state index is 0.0177. The summed E-state index contributed by atoms with van der Waals surface area (Å²) in [6.45, 7) is 24.6. The largest absolute Gasteiger partial charge is 0.481 e. The Kier molecular flexibility index (Phi) is 10.0. The molecular formula is C43H68N2O7. The highest BCUT2D eigenvalue weighted by Crippen LogP contribution is 2.77. The van der Waals surface area contributed by atoms with Crippen LogP contribution in [0, 0.1) is 56.2 Å². The van der Waals surface area contributed by atoms with Gasteiger partial charge in [0.2, 0.25) is 5.91 Å². The van der Waals surface area contributed by atoms with Crippen molar-refractivity contribution in [2.75, 3.05) is 32.7 Å². The Morgan fingerprint density at radius 1 is 0.885 bits per heavy atom. The van der Waals surface area contributed by atoms with Crippen LogP contribution in [0.2, 0.25) is 0 Å². The standard InChI is InChI=1S/C43H68N2O7/c1-26(2)35-29(47)23-43(32(48)25-44-19-21-45(22-20-44)27(3)46)18-17-41(9)28(36(35)43)11-12-31-40(8)15-14-33(52-34(49)24-38(4,5)37(50)51)39(6,7)30(40)13-16-42(31,41)10/h26,28,30-33,48H,11-25H2,1-10H3,(H,50,51). The van der Waals surface area contributed by atoms with E-state index >= 15 is 0 Å². The SMILES string of the molecule is CC(=O)N1CCN(CC(O)C23CCC4(C)C(CCC5C6(C)CCC(OC(=O)CC(C)(C)C(=O)O)C(C)(C)C6CCC54C)C2=C(C(C)C)C(=O)C3)CC1. The number of hydrogen-bond donors (Lipinski definition) is 2. The van der Waals surface area contributed by atoms with Gasteiger partial charge in [0.05, 0.1) is 17.9 Å². The van der Waals surface area contributed by atoms with Crippen molar-refractivity contribution >= 4 is 23.6 Å². The molecule has 4 saturated carbocycles. The van der Waals surface area contributed by atoms with E-state index in [0.29, 0.717) is 37.9 Å². The van der Waals surface area contributed by atoms with Gasteiger partial charge in [0, 0.05) is 56.9 Å². The lowest BCUT2D eigenvalue weighted by atomic mass is 9.33. The molecule has 0 aromatic rings. The minimum atomic E-state index is -1.17. The van der Waals surface area contributed by atoms with Crippen molar-refractivity contribution in [3.05, 3.63) is 11.1 Å². The van der Waals surface area contributed by atoms with Crippen molar-refractivity contribution < 1.29 is 34.1 Å². The molecule has 1 amide bonds. The van der Waals surface area contributed by atoms with Crippen molar-refractivity contribution in [2.24, 2.45) is 56.2 Å². The molecule has 9 unspecified atom stereocenters. The van der Waals surface area contributed by atoms with Gasteiger partial charge in [0.25, 0.3) is 0 Å². The summed E-state index contributed by atoms with van der Waals surface area (Å²) in [4.78, 5) is 55.1. The molecule has 1 heterocycles. The van der Waals surface area contributed by atoms with E-state index in [4.69, 9.17) is 4.74 Å². The summed E-state index contributed by atoms with van der Waals surface area (Å²) < 4.78 is 6.16. The van der Waals surface area contributed by atoms with Crippen LogP contribution in [0.15, 0.2) is 11.1 Å². The second-order valence-electron chi connectivity index (χ2n) is 20.4. The fourth-order valence-corrected chi connectivity index (χ4v) is 13.6. The Morgan fingerprint density at radius 3 is 2.13 bits per heavy atom. The monoisotopic (exact) mass is 725 g/mol. The van der Waals surface area contributed by atoms with Gasteiger partial charge in [-0.05, 0) is 111 Å². The fourth-order valence-electron chi connectivity index (χ4n) is 13.6. The summed E-state index contributed by atoms with van der Waals surface area (Å²) in [5.41, 5.74) is 0.438. The number of ether oxygens (including phenoxy) is 1. The number of carboxylic acid groups (broad SMARTS) is 1.